The highest BCUT2D eigenvalue weighted by molar-refractivity contribution is 9.10. The number of rotatable bonds is 8. The molecule has 1 atom stereocenters. The summed E-state index contributed by atoms with van der Waals surface area (Å²) in [7, 11) is 0. The predicted molar refractivity (Wildman–Crippen MR) is 146 cm³/mol. The molecule has 1 amide bonds. The van der Waals surface area contributed by atoms with Crippen molar-refractivity contribution in [1.29, 1.82) is 0 Å². The summed E-state index contributed by atoms with van der Waals surface area (Å²) >= 11 is 22.2. The molecular formula is C26H21BrCl3NO4. The Labute approximate surface area is 226 Å². The first-order valence-electron chi connectivity index (χ1n) is 10.6. The largest absolute Gasteiger partial charge is 0.478 e. The number of aliphatic carboxylic acids is 1. The van der Waals surface area contributed by atoms with Crippen molar-refractivity contribution in [2.75, 3.05) is 5.32 Å². The molecule has 3 rings (SSSR count). The number of benzene rings is 3. The first-order valence-corrected chi connectivity index (χ1v) is 12.5. The van der Waals surface area contributed by atoms with E-state index in [1.54, 1.807) is 25.1 Å². The van der Waals surface area contributed by atoms with Gasteiger partial charge in [-0.3, -0.25) is 4.79 Å². The van der Waals surface area contributed by atoms with Crippen LogP contribution in [0, 0.1) is 0 Å². The Morgan fingerprint density at radius 3 is 2.17 bits per heavy atom. The van der Waals surface area contributed by atoms with Gasteiger partial charge in [0, 0.05) is 4.47 Å². The first kappa shape index (κ1) is 27.1. The molecule has 0 aliphatic carbocycles. The Morgan fingerprint density at radius 2 is 1.66 bits per heavy atom. The third-order valence-electron chi connectivity index (χ3n) is 5.06. The zero-order chi connectivity index (χ0) is 25.7. The molecule has 0 aromatic heterocycles. The van der Waals surface area contributed by atoms with Crippen molar-refractivity contribution in [3.8, 4) is 11.5 Å². The standard InChI is InChI=1S/C26H21BrCl3NO4/c1-3-18(15-7-5-4-6-8-15)23(26(33)34)16-11-20(29)24(21(30)12-16)35-17-9-10-22(19(27)13-17)31-25(32)14(2)28/h4-14H,3H2,1-2H3,(H,31,32)(H,33,34). The molecule has 5 nitrogen and oxygen atoms in total. The number of anilines is 1. The molecule has 0 saturated carbocycles. The average molecular weight is 598 g/mol. The number of carbonyl (C=O) groups excluding carboxylic acids is 1. The Bertz CT molecular complexity index is 1270. The van der Waals surface area contributed by atoms with Crippen molar-refractivity contribution in [2.24, 2.45) is 0 Å². The van der Waals surface area contributed by atoms with Crippen LogP contribution >= 0.6 is 50.7 Å². The molecule has 0 bridgehead atoms. The van der Waals surface area contributed by atoms with Crippen LogP contribution < -0.4 is 10.1 Å². The molecule has 0 fully saturated rings. The Balaban J connectivity index is 1.97. The lowest BCUT2D eigenvalue weighted by atomic mass is 9.93. The molecule has 0 spiro atoms. The van der Waals surface area contributed by atoms with Crippen molar-refractivity contribution in [3.63, 3.8) is 0 Å². The van der Waals surface area contributed by atoms with Gasteiger partial charge in [0.05, 0.1) is 21.3 Å². The molecule has 182 valence electrons. The van der Waals surface area contributed by atoms with Crippen molar-refractivity contribution in [1.82, 2.24) is 0 Å². The number of halogens is 4. The summed E-state index contributed by atoms with van der Waals surface area (Å²) < 4.78 is 6.46. The number of nitrogens with one attached hydrogen (secondary N) is 1. The maximum Gasteiger partial charge on any atom is 0.336 e. The summed E-state index contributed by atoms with van der Waals surface area (Å²) in [6.45, 7) is 3.47. The van der Waals surface area contributed by atoms with Gasteiger partial charge in [-0.15, -0.1) is 11.6 Å². The Morgan fingerprint density at radius 1 is 1.03 bits per heavy atom. The van der Waals surface area contributed by atoms with Gasteiger partial charge in [-0.25, -0.2) is 4.79 Å². The SMILES string of the molecule is CCC(=C(C(=O)O)c1cc(Cl)c(Oc2ccc(NC(=O)C(C)Cl)c(Br)c2)c(Cl)c1)c1ccccc1. The van der Waals surface area contributed by atoms with E-state index in [9.17, 15) is 14.7 Å². The van der Waals surface area contributed by atoms with E-state index in [-0.39, 0.29) is 27.3 Å². The fourth-order valence-corrected chi connectivity index (χ4v) is 4.48. The molecule has 0 radical (unpaired) electrons. The first-order chi connectivity index (χ1) is 16.6. The van der Waals surface area contributed by atoms with Crippen molar-refractivity contribution >= 4 is 79.4 Å². The number of amides is 1. The van der Waals surface area contributed by atoms with Crippen molar-refractivity contribution < 1.29 is 19.4 Å². The van der Waals surface area contributed by atoms with Gasteiger partial charge >= 0.3 is 5.97 Å². The third-order valence-corrected chi connectivity index (χ3v) is 6.47. The van der Waals surface area contributed by atoms with Crippen LogP contribution in [0.15, 0.2) is 65.1 Å². The van der Waals surface area contributed by atoms with E-state index in [4.69, 9.17) is 39.5 Å². The Kier molecular flexibility index (Phi) is 9.25. The van der Waals surface area contributed by atoms with E-state index in [0.717, 1.165) is 5.56 Å². The summed E-state index contributed by atoms with van der Waals surface area (Å²) in [5.74, 6) is -0.846. The van der Waals surface area contributed by atoms with Gasteiger partial charge in [0.2, 0.25) is 5.91 Å². The zero-order valence-corrected chi connectivity index (χ0v) is 22.6. The van der Waals surface area contributed by atoms with Gasteiger partial charge in [-0.05, 0) is 76.3 Å². The van der Waals surface area contributed by atoms with Crippen LogP contribution in [0.3, 0.4) is 0 Å². The second-order valence-electron chi connectivity index (χ2n) is 7.50. The number of carbonyl (C=O) groups is 2. The molecule has 3 aromatic carbocycles. The second kappa shape index (κ2) is 12.0. The summed E-state index contributed by atoms with van der Waals surface area (Å²) in [4.78, 5) is 24.1. The van der Waals surface area contributed by atoms with E-state index in [1.165, 1.54) is 12.1 Å². The molecule has 0 aliphatic rings. The van der Waals surface area contributed by atoms with E-state index in [0.29, 0.717) is 33.5 Å². The van der Waals surface area contributed by atoms with Gasteiger partial charge in [0.15, 0.2) is 5.75 Å². The fraction of sp³-hybridized carbons (Fsp3) is 0.154. The highest BCUT2D eigenvalue weighted by Gasteiger charge is 2.21. The highest BCUT2D eigenvalue weighted by atomic mass is 79.9. The van der Waals surface area contributed by atoms with Crippen LogP contribution in [0.4, 0.5) is 5.69 Å². The van der Waals surface area contributed by atoms with Crippen LogP contribution in [0.25, 0.3) is 11.1 Å². The Hall–Kier alpha value is -2.51. The lowest BCUT2D eigenvalue weighted by Gasteiger charge is -2.16. The molecule has 35 heavy (non-hydrogen) atoms. The molecule has 9 heteroatoms. The van der Waals surface area contributed by atoms with Gasteiger partial charge in [-0.2, -0.15) is 0 Å². The number of carboxylic acid groups (broad SMARTS) is 1. The van der Waals surface area contributed by atoms with Gasteiger partial charge in [0.25, 0.3) is 0 Å². The van der Waals surface area contributed by atoms with Crippen LogP contribution in [0.2, 0.25) is 10.0 Å². The number of hydrogen-bond acceptors (Lipinski definition) is 3. The quantitative estimate of drug-likeness (QED) is 0.155. The minimum absolute atomic E-state index is 0.116. The van der Waals surface area contributed by atoms with E-state index >= 15 is 0 Å². The van der Waals surface area contributed by atoms with E-state index in [1.807, 2.05) is 37.3 Å². The molecule has 0 heterocycles. The summed E-state index contributed by atoms with van der Waals surface area (Å²) in [6, 6.07) is 17.3. The number of allylic oxidation sites excluding steroid dienone is 1. The highest BCUT2D eigenvalue weighted by Crippen LogP contribution is 2.41. The number of ether oxygens (including phenoxy) is 1. The molecule has 0 aliphatic heterocycles. The number of hydrogen-bond donors (Lipinski definition) is 2. The van der Waals surface area contributed by atoms with Crippen molar-refractivity contribution in [3.05, 3.63) is 86.3 Å². The van der Waals surface area contributed by atoms with Crippen LogP contribution in [0.5, 0.6) is 11.5 Å². The molecule has 1 unspecified atom stereocenters. The normalized spacial score (nSPS) is 12.5. The zero-order valence-electron chi connectivity index (χ0n) is 18.7. The second-order valence-corrected chi connectivity index (χ2v) is 9.82. The summed E-state index contributed by atoms with van der Waals surface area (Å²) in [6.07, 6.45) is 0.499. The average Bonchev–Trinajstić information content (AvgIpc) is 2.81. The molecule has 0 saturated heterocycles. The monoisotopic (exact) mass is 595 g/mol. The third kappa shape index (κ3) is 6.58. The van der Waals surface area contributed by atoms with Crippen molar-refractivity contribution in [2.45, 2.75) is 25.6 Å². The molecular weight excluding hydrogens is 577 g/mol. The lowest BCUT2D eigenvalue weighted by Crippen LogP contribution is -2.20. The van der Waals surface area contributed by atoms with Gasteiger partial charge in [-0.1, -0.05) is 60.5 Å². The van der Waals surface area contributed by atoms with E-state index < -0.39 is 11.3 Å². The molecule has 2 N–H and O–H groups in total. The number of carboxylic acids is 1. The smallest absolute Gasteiger partial charge is 0.336 e. The van der Waals surface area contributed by atoms with Crippen LogP contribution in [-0.4, -0.2) is 22.4 Å². The fourth-order valence-electron chi connectivity index (χ4n) is 3.40. The predicted octanol–water partition coefficient (Wildman–Crippen LogP) is 8.52. The maximum absolute atomic E-state index is 12.2. The number of alkyl halides is 1. The van der Waals surface area contributed by atoms with Gasteiger partial charge in [0.1, 0.15) is 11.1 Å². The minimum atomic E-state index is -1.08. The lowest BCUT2D eigenvalue weighted by molar-refractivity contribution is -0.130. The van der Waals surface area contributed by atoms with Crippen LogP contribution in [0.1, 0.15) is 31.4 Å². The topological polar surface area (TPSA) is 75.6 Å². The summed E-state index contributed by atoms with van der Waals surface area (Å²) in [5.41, 5.74) is 2.47. The van der Waals surface area contributed by atoms with Gasteiger partial charge < -0.3 is 15.2 Å². The maximum atomic E-state index is 12.2. The molecule has 3 aromatic rings. The summed E-state index contributed by atoms with van der Waals surface area (Å²) in [5, 5.41) is 12.3. The van der Waals surface area contributed by atoms with Crippen LogP contribution in [-0.2, 0) is 9.59 Å². The van der Waals surface area contributed by atoms with E-state index in [2.05, 4.69) is 21.2 Å². The minimum Gasteiger partial charge on any atom is -0.478 e.